The van der Waals surface area contributed by atoms with E-state index in [2.05, 4.69) is 5.32 Å². The van der Waals surface area contributed by atoms with Crippen LogP contribution in [-0.2, 0) is 14.8 Å². The van der Waals surface area contributed by atoms with Crippen LogP contribution in [0.1, 0.15) is 19.4 Å². The second-order valence-corrected chi connectivity index (χ2v) is 8.87. The van der Waals surface area contributed by atoms with Crippen molar-refractivity contribution >= 4 is 33.2 Å². The van der Waals surface area contributed by atoms with Crippen LogP contribution in [0.4, 0.5) is 5.69 Å². The highest BCUT2D eigenvalue weighted by Gasteiger charge is 2.26. The SMILES string of the molecule is CCOc1ccc(S(=O)(=O)N(CC)CC(=O)Nc2cc(OC)c(Cl)cc2OC)cc1C. The standard InChI is InChI=1S/C21H27ClN2O6S/c1-6-24(31(26,27)15-8-9-18(30-7-2)14(3)10-15)13-21(25)23-17-12-19(28-4)16(22)11-20(17)29-5/h8-12H,6-7,13H2,1-5H3,(H,23,25). The number of carbonyl (C=O) groups excluding carboxylic acids is 1. The van der Waals surface area contributed by atoms with E-state index < -0.39 is 15.9 Å². The molecule has 0 aromatic heterocycles. The van der Waals surface area contributed by atoms with Crippen molar-refractivity contribution in [3.8, 4) is 17.2 Å². The summed E-state index contributed by atoms with van der Waals surface area (Å²) in [6, 6.07) is 7.64. The summed E-state index contributed by atoms with van der Waals surface area (Å²) in [6.45, 7) is 5.51. The Balaban J connectivity index is 2.24. The zero-order valence-corrected chi connectivity index (χ0v) is 19.8. The number of anilines is 1. The molecule has 31 heavy (non-hydrogen) atoms. The Bertz CT molecular complexity index is 1040. The first kappa shape index (κ1) is 24.8. The Morgan fingerprint density at radius 3 is 2.29 bits per heavy atom. The molecular weight excluding hydrogens is 444 g/mol. The molecule has 0 heterocycles. The minimum absolute atomic E-state index is 0.0915. The zero-order chi connectivity index (χ0) is 23.2. The Labute approximate surface area is 188 Å². The lowest BCUT2D eigenvalue weighted by Crippen LogP contribution is -2.37. The van der Waals surface area contributed by atoms with E-state index in [9.17, 15) is 13.2 Å². The molecule has 2 aromatic carbocycles. The number of sulfonamides is 1. The van der Waals surface area contributed by atoms with Crippen molar-refractivity contribution < 1.29 is 27.4 Å². The fourth-order valence-electron chi connectivity index (χ4n) is 2.92. The molecule has 0 atom stereocenters. The molecule has 0 bridgehead atoms. The van der Waals surface area contributed by atoms with Crippen LogP contribution in [-0.4, -0.2) is 52.5 Å². The van der Waals surface area contributed by atoms with Gasteiger partial charge in [-0.3, -0.25) is 4.79 Å². The molecule has 0 unspecified atom stereocenters. The third-order valence-corrected chi connectivity index (χ3v) is 6.72. The third kappa shape index (κ3) is 5.81. The predicted molar refractivity (Wildman–Crippen MR) is 120 cm³/mol. The number of aryl methyl sites for hydroxylation is 1. The molecule has 2 aromatic rings. The van der Waals surface area contributed by atoms with Gasteiger partial charge in [0.25, 0.3) is 0 Å². The molecule has 8 nitrogen and oxygen atoms in total. The fourth-order valence-corrected chi connectivity index (χ4v) is 4.65. The van der Waals surface area contributed by atoms with Gasteiger partial charge in [0.2, 0.25) is 15.9 Å². The van der Waals surface area contributed by atoms with Crippen LogP contribution in [0.3, 0.4) is 0 Å². The predicted octanol–water partition coefficient (Wildman–Crippen LogP) is 3.71. The van der Waals surface area contributed by atoms with E-state index in [0.717, 1.165) is 4.31 Å². The van der Waals surface area contributed by atoms with Gasteiger partial charge in [-0.25, -0.2) is 8.42 Å². The van der Waals surface area contributed by atoms with E-state index in [1.807, 2.05) is 6.92 Å². The van der Waals surface area contributed by atoms with E-state index in [-0.39, 0.29) is 18.0 Å². The molecule has 0 radical (unpaired) electrons. The highest BCUT2D eigenvalue weighted by molar-refractivity contribution is 7.89. The minimum Gasteiger partial charge on any atom is -0.495 e. The number of nitrogens with one attached hydrogen (secondary N) is 1. The molecule has 0 saturated carbocycles. The molecule has 1 amide bonds. The van der Waals surface area contributed by atoms with Crippen molar-refractivity contribution in [2.24, 2.45) is 0 Å². The van der Waals surface area contributed by atoms with Crippen LogP contribution < -0.4 is 19.5 Å². The molecule has 0 aliphatic heterocycles. The lowest BCUT2D eigenvalue weighted by atomic mass is 10.2. The summed E-state index contributed by atoms with van der Waals surface area (Å²) in [4.78, 5) is 12.7. The lowest BCUT2D eigenvalue weighted by molar-refractivity contribution is -0.116. The van der Waals surface area contributed by atoms with E-state index in [4.69, 9.17) is 25.8 Å². The van der Waals surface area contributed by atoms with Crippen LogP contribution in [0.15, 0.2) is 35.2 Å². The molecule has 0 spiro atoms. The van der Waals surface area contributed by atoms with Crippen LogP contribution in [0.25, 0.3) is 0 Å². The lowest BCUT2D eigenvalue weighted by Gasteiger charge is -2.21. The van der Waals surface area contributed by atoms with Crippen LogP contribution >= 0.6 is 11.6 Å². The number of ether oxygens (including phenoxy) is 3. The second kappa shape index (κ2) is 10.7. The summed E-state index contributed by atoms with van der Waals surface area (Å²) < 4.78 is 43.1. The van der Waals surface area contributed by atoms with Gasteiger partial charge in [-0.1, -0.05) is 18.5 Å². The van der Waals surface area contributed by atoms with E-state index >= 15 is 0 Å². The van der Waals surface area contributed by atoms with Crippen molar-refractivity contribution in [3.05, 3.63) is 40.9 Å². The number of rotatable bonds is 10. The molecule has 1 N–H and O–H groups in total. The number of hydrogen-bond acceptors (Lipinski definition) is 6. The third-order valence-electron chi connectivity index (χ3n) is 4.50. The Morgan fingerprint density at radius 1 is 1.06 bits per heavy atom. The second-order valence-electron chi connectivity index (χ2n) is 6.53. The van der Waals surface area contributed by atoms with Crippen molar-refractivity contribution in [1.82, 2.24) is 4.31 Å². The van der Waals surface area contributed by atoms with Gasteiger partial charge < -0.3 is 19.5 Å². The van der Waals surface area contributed by atoms with Gasteiger partial charge in [0.05, 0.1) is 43.0 Å². The fraction of sp³-hybridized carbons (Fsp3) is 0.381. The molecule has 170 valence electrons. The van der Waals surface area contributed by atoms with Gasteiger partial charge in [0.1, 0.15) is 17.2 Å². The van der Waals surface area contributed by atoms with Crippen LogP contribution in [0.5, 0.6) is 17.2 Å². The van der Waals surface area contributed by atoms with E-state index in [1.165, 1.54) is 38.5 Å². The number of likely N-dealkylation sites (N-methyl/N-ethyl adjacent to an activating group) is 1. The van der Waals surface area contributed by atoms with E-state index in [1.54, 1.807) is 19.9 Å². The highest BCUT2D eigenvalue weighted by Crippen LogP contribution is 2.36. The molecule has 0 aliphatic rings. The molecule has 10 heteroatoms. The maximum absolute atomic E-state index is 13.1. The monoisotopic (exact) mass is 470 g/mol. The number of hydrogen-bond donors (Lipinski definition) is 1. The number of benzene rings is 2. The minimum atomic E-state index is -3.89. The largest absolute Gasteiger partial charge is 0.495 e. The van der Waals surface area contributed by atoms with Gasteiger partial charge in [0, 0.05) is 18.7 Å². The summed E-state index contributed by atoms with van der Waals surface area (Å²) in [5.41, 5.74) is 1.01. The van der Waals surface area contributed by atoms with Gasteiger partial charge in [0.15, 0.2) is 0 Å². The van der Waals surface area contributed by atoms with Gasteiger partial charge in [-0.05, 0) is 37.6 Å². The topological polar surface area (TPSA) is 94.2 Å². The first-order chi connectivity index (χ1) is 14.7. The van der Waals surface area contributed by atoms with Crippen LogP contribution in [0, 0.1) is 6.92 Å². The van der Waals surface area contributed by atoms with Crippen LogP contribution in [0.2, 0.25) is 5.02 Å². The molecule has 0 saturated heterocycles. The average Bonchev–Trinajstić information content (AvgIpc) is 2.74. The summed E-state index contributed by atoms with van der Waals surface area (Å²) in [6.07, 6.45) is 0. The highest BCUT2D eigenvalue weighted by atomic mass is 35.5. The number of nitrogens with zero attached hydrogens (tertiary/aromatic N) is 1. The number of halogens is 1. The quantitative estimate of drug-likeness (QED) is 0.568. The smallest absolute Gasteiger partial charge is 0.243 e. The molecule has 0 fully saturated rings. The van der Waals surface area contributed by atoms with Gasteiger partial charge in [-0.2, -0.15) is 4.31 Å². The van der Waals surface area contributed by atoms with Crippen molar-refractivity contribution in [3.63, 3.8) is 0 Å². The summed E-state index contributed by atoms with van der Waals surface area (Å²) in [7, 11) is -1.00. The maximum Gasteiger partial charge on any atom is 0.243 e. The zero-order valence-electron chi connectivity index (χ0n) is 18.2. The first-order valence-corrected chi connectivity index (χ1v) is 11.4. The summed E-state index contributed by atoms with van der Waals surface area (Å²) in [5, 5.41) is 2.98. The average molecular weight is 471 g/mol. The van der Waals surface area contributed by atoms with E-state index in [0.29, 0.717) is 40.1 Å². The van der Waals surface area contributed by atoms with Crippen molar-refractivity contribution in [1.29, 1.82) is 0 Å². The Kier molecular flexibility index (Phi) is 8.55. The maximum atomic E-state index is 13.1. The molecule has 2 rings (SSSR count). The number of carbonyl (C=O) groups is 1. The Hall–Kier alpha value is -2.49. The molecule has 0 aliphatic carbocycles. The summed E-state index contributed by atoms with van der Waals surface area (Å²) >= 11 is 6.08. The normalized spacial score (nSPS) is 11.3. The summed E-state index contributed by atoms with van der Waals surface area (Å²) in [5.74, 6) is 0.761. The number of methoxy groups -OCH3 is 2. The Morgan fingerprint density at radius 2 is 1.74 bits per heavy atom. The molecular formula is C21H27ClN2O6S. The van der Waals surface area contributed by atoms with Crippen molar-refractivity contribution in [2.75, 3.05) is 39.2 Å². The number of amides is 1. The van der Waals surface area contributed by atoms with Gasteiger partial charge >= 0.3 is 0 Å². The van der Waals surface area contributed by atoms with Gasteiger partial charge in [-0.15, -0.1) is 0 Å². The van der Waals surface area contributed by atoms with Crippen molar-refractivity contribution in [2.45, 2.75) is 25.7 Å². The first-order valence-electron chi connectivity index (χ1n) is 9.62.